The Morgan fingerprint density at radius 3 is 2.93 bits per heavy atom. The molecule has 3 N–H and O–H groups in total. The molecule has 3 rings (SSSR count). The van der Waals surface area contributed by atoms with Gasteiger partial charge < -0.3 is 15.6 Å². The predicted octanol–water partition coefficient (Wildman–Crippen LogP) is 0.930. The number of hydrogen-bond donors (Lipinski definition) is 2. The highest BCUT2D eigenvalue weighted by Crippen LogP contribution is 2.40. The summed E-state index contributed by atoms with van der Waals surface area (Å²) in [5, 5.41) is 9.33. The topological polar surface area (TPSA) is 55.5 Å². The number of aliphatic hydroxyl groups excluding tert-OH is 1. The average Bonchev–Trinajstić information content (AvgIpc) is 2.61. The van der Waals surface area contributed by atoms with Gasteiger partial charge in [0.05, 0.1) is 12.7 Å². The van der Waals surface area contributed by atoms with E-state index < -0.39 is 0 Å². The van der Waals surface area contributed by atoms with Crippen molar-refractivity contribution in [2.24, 2.45) is 5.73 Å². The maximum absolute atomic E-state index is 9.33. The third kappa shape index (κ3) is 1.34. The van der Waals surface area contributed by atoms with Gasteiger partial charge in [0.2, 0.25) is 0 Å². The van der Waals surface area contributed by atoms with Gasteiger partial charge in [-0.15, -0.1) is 0 Å². The minimum absolute atomic E-state index is 0.223. The van der Waals surface area contributed by atoms with Crippen LogP contribution in [0.2, 0.25) is 0 Å². The van der Waals surface area contributed by atoms with Gasteiger partial charge in [0.15, 0.2) is 0 Å². The molecule has 1 heterocycles. The second-order valence-corrected chi connectivity index (χ2v) is 4.64. The van der Waals surface area contributed by atoms with Crippen LogP contribution in [0.4, 0.5) is 0 Å². The zero-order valence-electron chi connectivity index (χ0n) is 8.57. The van der Waals surface area contributed by atoms with Gasteiger partial charge in [0, 0.05) is 12.0 Å². The van der Waals surface area contributed by atoms with Crippen molar-refractivity contribution in [1.29, 1.82) is 0 Å². The Kier molecular flexibility index (Phi) is 1.82. The van der Waals surface area contributed by atoms with E-state index in [0.29, 0.717) is 12.8 Å². The van der Waals surface area contributed by atoms with Gasteiger partial charge in [-0.1, -0.05) is 12.1 Å². The molecule has 0 bridgehead atoms. The summed E-state index contributed by atoms with van der Waals surface area (Å²) in [5.41, 5.74) is 8.28. The maximum Gasteiger partial charge on any atom is 0.122 e. The molecule has 0 unspecified atom stereocenters. The van der Waals surface area contributed by atoms with Crippen LogP contribution in [0.1, 0.15) is 24.0 Å². The summed E-state index contributed by atoms with van der Waals surface area (Å²) in [5.74, 6) is 0.988. The normalized spacial score (nSPS) is 33.1. The summed E-state index contributed by atoms with van der Waals surface area (Å²) in [6, 6.07) is 6.15. The molecule has 0 spiro atoms. The van der Waals surface area contributed by atoms with Crippen molar-refractivity contribution in [1.82, 2.24) is 0 Å². The fraction of sp³-hybridized carbons (Fsp3) is 0.500. The number of ether oxygens (including phenoxy) is 1. The number of nitrogens with two attached hydrogens (primary N) is 1. The molecule has 1 aliphatic heterocycles. The molecular weight excluding hydrogens is 190 g/mol. The van der Waals surface area contributed by atoms with Crippen molar-refractivity contribution in [2.75, 3.05) is 6.61 Å². The van der Waals surface area contributed by atoms with Crippen LogP contribution in [0.5, 0.6) is 5.75 Å². The van der Waals surface area contributed by atoms with Crippen molar-refractivity contribution in [3.05, 3.63) is 29.3 Å². The summed E-state index contributed by atoms with van der Waals surface area (Å²) in [6.07, 6.45) is 2.10. The molecular formula is C12H15NO2. The lowest BCUT2D eigenvalue weighted by Crippen LogP contribution is -2.51. The first kappa shape index (κ1) is 9.19. The first-order valence-corrected chi connectivity index (χ1v) is 5.40. The van der Waals surface area contributed by atoms with E-state index in [-0.39, 0.29) is 11.6 Å². The number of benzene rings is 1. The van der Waals surface area contributed by atoms with E-state index in [4.69, 9.17) is 10.5 Å². The number of fused-ring (bicyclic) bond motifs is 1. The summed E-state index contributed by atoms with van der Waals surface area (Å²) in [6.45, 7) is 0.777. The number of rotatable bonds is 1. The van der Waals surface area contributed by atoms with Gasteiger partial charge in [-0.3, -0.25) is 0 Å². The Morgan fingerprint density at radius 2 is 2.20 bits per heavy atom. The second kappa shape index (κ2) is 2.97. The van der Waals surface area contributed by atoms with Crippen molar-refractivity contribution in [3.8, 4) is 5.75 Å². The van der Waals surface area contributed by atoms with Gasteiger partial charge in [-0.05, 0) is 30.0 Å². The van der Waals surface area contributed by atoms with Gasteiger partial charge >= 0.3 is 0 Å². The lowest BCUT2D eigenvalue weighted by Gasteiger charge is -2.42. The monoisotopic (exact) mass is 205 g/mol. The van der Waals surface area contributed by atoms with Crippen LogP contribution in [0.15, 0.2) is 18.2 Å². The fourth-order valence-corrected chi connectivity index (χ4v) is 2.51. The number of aliphatic hydroxyl groups is 1. The highest BCUT2D eigenvalue weighted by molar-refractivity contribution is 5.43. The zero-order valence-corrected chi connectivity index (χ0v) is 8.57. The molecule has 15 heavy (non-hydrogen) atoms. The lowest BCUT2D eigenvalue weighted by atomic mass is 9.70. The SMILES string of the molecule is NC1(c2ccc3c(c2)CCO3)CC(O)C1. The highest BCUT2D eigenvalue weighted by Gasteiger charge is 2.41. The predicted molar refractivity (Wildman–Crippen MR) is 56.7 cm³/mol. The van der Waals surface area contributed by atoms with Gasteiger partial charge in [0.25, 0.3) is 0 Å². The molecule has 80 valence electrons. The largest absolute Gasteiger partial charge is 0.493 e. The van der Waals surface area contributed by atoms with Crippen LogP contribution < -0.4 is 10.5 Å². The van der Waals surface area contributed by atoms with Crippen molar-refractivity contribution in [2.45, 2.75) is 30.9 Å². The average molecular weight is 205 g/mol. The third-order valence-electron chi connectivity index (χ3n) is 3.46. The Labute approximate surface area is 88.9 Å². The zero-order chi connectivity index (χ0) is 10.5. The van der Waals surface area contributed by atoms with Crippen LogP contribution in [0, 0.1) is 0 Å². The van der Waals surface area contributed by atoms with Crippen LogP contribution in [0.3, 0.4) is 0 Å². The smallest absolute Gasteiger partial charge is 0.122 e. The summed E-state index contributed by atoms with van der Waals surface area (Å²) >= 11 is 0. The lowest BCUT2D eigenvalue weighted by molar-refractivity contribution is 0.0209. The summed E-state index contributed by atoms with van der Waals surface area (Å²) in [4.78, 5) is 0. The van der Waals surface area contributed by atoms with Crippen LogP contribution in [-0.2, 0) is 12.0 Å². The van der Waals surface area contributed by atoms with E-state index in [1.165, 1.54) is 5.56 Å². The van der Waals surface area contributed by atoms with Gasteiger partial charge in [-0.25, -0.2) is 0 Å². The Balaban J connectivity index is 1.93. The number of hydrogen-bond acceptors (Lipinski definition) is 3. The standard InChI is InChI=1S/C12H15NO2/c13-12(6-10(14)7-12)9-1-2-11-8(5-9)3-4-15-11/h1-2,5,10,14H,3-4,6-7,13H2. The molecule has 3 nitrogen and oxygen atoms in total. The molecule has 1 saturated carbocycles. The molecule has 1 fully saturated rings. The molecule has 0 atom stereocenters. The third-order valence-corrected chi connectivity index (χ3v) is 3.46. The minimum atomic E-state index is -0.308. The summed E-state index contributed by atoms with van der Waals surface area (Å²) < 4.78 is 5.45. The fourth-order valence-electron chi connectivity index (χ4n) is 2.51. The summed E-state index contributed by atoms with van der Waals surface area (Å²) in [7, 11) is 0. The van der Waals surface area contributed by atoms with E-state index >= 15 is 0 Å². The van der Waals surface area contributed by atoms with E-state index in [2.05, 4.69) is 6.07 Å². The molecule has 1 aliphatic carbocycles. The molecule has 0 aromatic heterocycles. The van der Waals surface area contributed by atoms with E-state index in [0.717, 1.165) is 24.3 Å². The molecule has 3 heteroatoms. The van der Waals surface area contributed by atoms with Gasteiger partial charge in [-0.2, -0.15) is 0 Å². The van der Waals surface area contributed by atoms with Crippen molar-refractivity contribution < 1.29 is 9.84 Å². The van der Waals surface area contributed by atoms with Gasteiger partial charge in [0.1, 0.15) is 5.75 Å². The van der Waals surface area contributed by atoms with E-state index in [1.54, 1.807) is 0 Å². The molecule has 0 amide bonds. The van der Waals surface area contributed by atoms with Crippen LogP contribution >= 0.6 is 0 Å². The Morgan fingerprint density at radius 1 is 1.40 bits per heavy atom. The van der Waals surface area contributed by atoms with Crippen molar-refractivity contribution in [3.63, 3.8) is 0 Å². The molecule has 2 aliphatic rings. The second-order valence-electron chi connectivity index (χ2n) is 4.64. The van der Waals surface area contributed by atoms with Crippen LogP contribution in [0.25, 0.3) is 0 Å². The maximum atomic E-state index is 9.33. The highest BCUT2D eigenvalue weighted by atomic mass is 16.5. The molecule has 0 saturated heterocycles. The van der Waals surface area contributed by atoms with Crippen molar-refractivity contribution >= 4 is 0 Å². The van der Waals surface area contributed by atoms with Crippen LogP contribution in [-0.4, -0.2) is 17.8 Å². The first-order chi connectivity index (χ1) is 7.17. The Bertz CT molecular complexity index is 397. The molecule has 1 aromatic carbocycles. The first-order valence-electron chi connectivity index (χ1n) is 5.40. The molecule has 0 radical (unpaired) electrons. The minimum Gasteiger partial charge on any atom is -0.493 e. The molecule has 1 aromatic rings. The van der Waals surface area contributed by atoms with E-state index in [9.17, 15) is 5.11 Å². The van der Waals surface area contributed by atoms with E-state index in [1.807, 2.05) is 12.1 Å². The Hall–Kier alpha value is -1.06. The quantitative estimate of drug-likeness (QED) is 0.717.